The number of carbonyl (C=O) groups excluding carboxylic acids is 1. The molecule has 0 aliphatic heterocycles. The Morgan fingerprint density at radius 2 is 1.70 bits per heavy atom. The number of hydrogen-bond acceptors (Lipinski definition) is 2. The predicted octanol–water partition coefficient (Wildman–Crippen LogP) is 4.68. The molecule has 1 atom stereocenters. The first kappa shape index (κ1) is 16.7. The highest BCUT2D eigenvalue weighted by molar-refractivity contribution is 5.95. The molecule has 0 saturated heterocycles. The van der Waals surface area contributed by atoms with Crippen molar-refractivity contribution in [3.63, 3.8) is 0 Å². The average molecular weight is 316 g/mol. The third-order valence-corrected chi connectivity index (χ3v) is 6.25. The lowest BCUT2D eigenvalue weighted by molar-refractivity contribution is -0.111. The molecule has 3 rings (SSSR count). The van der Waals surface area contributed by atoms with Gasteiger partial charge < -0.3 is 10.1 Å². The quantitative estimate of drug-likeness (QED) is 0.388. The van der Waals surface area contributed by atoms with Gasteiger partial charge in [0.2, 0.25) is 0 Å². The van der Waals surface area contributed by atoms with Crippen molar-refractivity contribution in [1.29, 1.82) is 5.41 Å². The third kappa shape index (κ3) is 3.87. The number of aldehydes is 1. The second kappa shape index (κ2) is 7.19. The Labute approximate surface area is 140 Å². The summed E-state index contributed by atoms with van der Waals surface area (Å²) in [5.41, 5.74) is 2.62. The molecule has 0 amide bonds. The van der Waals surface area contributed by atoms with Gasteiger partial charge in [-0.25, -0.2) is 0 Å². The number of hydrogen-bond donors (Lipinski definition) is 2. The van der Waals surface area contributed by atoms with Crippen LogP contribution in [-0.2, 0) is 4.79 Å². The first-order valence-corrected chi connectivity index (χ1v) is 9.66. The molecule has 0 spiro atoms. The molecule has 3 nitrogen and oxygen atoms in total. The number of allylic oxidation sites excluding steroid dienone is 2. The minimum Gasteiger partial charge on any atom is -0.347 e. The van der Waals surface area contributed by atoms with E-state index in [2.05, 4.69) is 19.2 Å². The van der Waals surface area contributed by atoms with E-state index < -0.39 is 0 Å². The first-order valence-electron chi connectivity index (χ1n) is 9.66. The van der Waals surface area contributed by atoms with Crippen molar-refractivity contribution in [2.45, 2.75) is 71.6 Å². The SMILES string of the molecule is CC/C(C)=C(/NC(=N)C(C=O)C(C1CC1)C1CC1)C1CCCC1. The van der Waals surface area contributed by atoms with E-state index in [0.717, 1.165) is 12.7 Å². The van der Waals surface area contributed by atoms with E-state index in [4.69, 9.17) is 5.41 Å². The van der Waals surface area contributed by atoms with Gasteiger partial charge in [0, 0.05) is 5.70 Å². The van der Waals surface area contributed by atoms with E-state index in [1.54, 1.807) is 0 Å². The van der Waals surface area contributed by atoms with Gasteiger partial charge in [0.05, 0.1) is 5.92 Å². The zero-order valence-corrected chi connectivity index (χ0v) is 14.7. The summed E-state index contributed by atoms with van der Waals surface area (Å²) in [6.07, 6.45) is 12.2. The molecule has 1 unspecified atom stereocenters. The van der Waals surface area contributed by atoms with Crippen LogP contribution in [0, 0.1) is 35.0 Å². The Hall–Kier alpha value is -1.12. The van der Waals surface area contributed by atoms with Crippen LogP contribution in [-0.4, -0.2) is 12.1 Å². The second-order valence-electron chi connectivity index (χ2n) is 7.98. The summed E-state index contributed by atoms with van der Waals surface area (Å²) in [4.78, 5) is 11.8. The van der Waals surface area contributed by atoms with Gasteiger partial charge in [-0.1, -0.05) is 25.3 Å². The van der Waals surface area contributed by atoms with E-state index in [1.165, 1.54) is 62.6 Å². The number of carbonyl (C=O) groups is 1. The minimum atomic E-state index is -0.212. The van der Waals surface area contributed by atoms with E-state index in [1.807, 2.05) is 0 Å². The standard InChI is InChI=1S/C20H32N2O/c1-3-13(2)19(16-6-4-5-7-16)22-20(21)17(12-23)18(14-8-9-14)15-10-11-15/h12,14-18H,3-11H2,1-2H3,(H2,21,22)/b19-13+. The summed E-state index contributed by atoms with van der Waals surface area (Å²) >= 11 is 0. The fraction of sp³-hybridized carbons (Fsp3) is 0.800. The third-order valence-electron chi connectivity index (χ3n) is 6.25. The van der Waals surface area contributed by atoms with Gasteiger partial charge in [-0.15, -0.1) is 0 Å². The largest absolute Gasteiger partial charge is 0.347 e. The molecule has 128 valence electrons. The molecule has 0 aromatic rings. The highest BCUT2D eigenvalue weighted by Gasteiger charge is 2.46. The van der Waals surface area contributed by atoms with Crippen LogP contribution < -0.4 is 5.32 Å². The van der Waals surface area contributed by atoms with Crippen LogP contribution in [0.4, 0.5) is 0 Å². The van der Waals surface area contributed by atoms with Crippen molar-refractivity contribution in [3.8, 4) is 0 Å². The molecule has 3 aliphatic rings. The lowest BCUT2D eigenvalue weighted by Crippen LogP contribution is -2.38. The molecule has 2 N–H and O–H groups in total. The molecule has 0 aromatic carbocycles. The van der Waals surface area contributed by atoms with E-state index in [-0.39, 0.29) is 5.92 Å². The summed E-state index contributed by atoms with van der Waals surface area (Å²) in [6, 6.07) is 0. The maximum Gasteiger partial charge on any atom is 0.130 e. The smallest absolute Gasteiger partial charge is 0.130 e. The van der Waals surface area contributed by atoms with Crippen LogP contribution in [0.1, 0.15) is 71.6 Å². The highest BCUT2D eigenvalue weighted by atomic mass is 16.1. The monoisotopic (exact) mass is 316 g/mol. The Morgan fingerprint density at radius 3 is 2.13 bits per heavy atom. The van der Waals surface area contributed by atoms with Crippen molar-refractivity contribution in [2.75, 3.05) is 0 Å². The number of nitrogens with one attached hydrogen (secondary N) is 2. The first-order chi connectivity index (χ1) is 11.2. The zero-order valence-electron chi connectivity index (χ0n) is 14.7. The van der Waals surface area contributed by atoms with E-state index >= 15 is 0 Å². The average Bonchev–Trinajstić information content (AvgIpc) is 3.49. The van der Waals surface area contributed by atoms with Crippen LogP contribution in [0.25, 0.3) is 0 Å². The predicted molar refractivity (Wildman–Crippen MR) is 94.3 cm³/mol. The van der Waals surface area contributed by atoms with Gasteiger partial charge in [-0.05, 0) is 75.5 Å². The molecule has 0 heterocycles. The maximum atomic E-state index is 11.8. The van der Waals surface area contributed by atoms with Crippen LogP contribution in [0.2, 0.25) is 0 Å². The maximum absolute atomic E-state index is 11.8. The van der Waals surface area contributed by atoms with Gasteiger partial charge in [0.25, 0.3) is 0 Å². The number of rotatable bonds is 8. The van der Waals surface area contributed by atoms with Crippen molar-refractivity contribution < 1.29 is 4.79 Å². The van der Waals surface area contributed by atoms with Crippen LogP contribution in [0.5, 0.6) is 0 Å². The normalized spacial score (nSPS) is 24.5. The van der Waals surface area contributed by atoms with Crippen molar-refractivity contribution in [1.82, 2.24) is 5.32 Å². The summed E-state index contributed by atoms with van der Waals surface area (Å²) in [5, 5.41) is 12.0. The highest BCUT2D eigenvalue weighted by Crippen LogP contribution is 2.52. The molecule has 0 bridgehead atoms. The topological polar surface area (TPSA) is 53.0 Å². The van der Waals surface area contributed by atoms with Crippen LogP contribution in [0.15, 0.2) is 11.3 Å². The lowest BCUT2D eigenvalue weighted by Gasteiger charge is -2.27. The van der Waals surface area contributed by atoms with Gasteiger partial charge >= 0.3 is 0 Å². The van der Waals surface area contributed by atoms with Gasteiger partial charge in [0.15, 0.2) is 0 Å². The molecule has 3 aliphatic carbocycles. The van der Waals surface area contributed by atoms with Crippen LogP contribution in [0.3, 0.4) is 0 Å². The minimum absolute atomic E-state index is 0.212. The molecule has 3 saturated carbocycles. The van der Waals surface area contributed by atoms with Crippen molar-refractivity contribution >= 4 is 12.1 Å². The molecule has 23 heavy (non-hydrogen) atoms. The van der Waals surface area contributed by atoms with Gasteiger partial charge in [-0.3, -0.25) is 5.41 Å². The molecular weight excluding hydrogens is 284 g/mol. The fourth-order valence-corrected chi connectivity index (χ4v) is 4.48. The lowest BCUT2D eigenvalue weighted by atomic mass is 9.83. The van der Waals surface area contributed by atoms with E-state index in [0.29, 0.717) is 29.5 Å². The molecule has 3 heteroatoms. The Kier molecular flexibility index (Phi) is 5.23. The number of amidine groups is 1. The van der Waals surface area contributed by atoms with Crippen molar-refractivity contribution in [3.05, 3.63) is 11.3 Å². The van der Waals surface area contributed by atoms with Gasteiger partial charge in [-0.2, -0.15) is 0 Å². The molecule has 3 fully saturated rings. The fourth-order valence-electron chi connectivity index (χ4n) is 4.48. The van der Waals surface area contributed by atoms with Crippen molar-refractivity contribution in [2.24, 2.45) is 29.6 Å². The summed E-state index contributed by atoms with van der Waals surface area (Å²) in [7, 11) is 0. The molecular formula is C20H32N2O. The zero-order chi connectivity index (χ0) is 16.4. The Bertz CT molecular complexity index is 470. The van der Waals surface area contributed by atoms with Gasteiger partial charge in [0.1, 0.15) is 12.1 Å². The van der Waals surface area contributed by atoms with Crippen LogP contribution >= 0.6 is 0 Å². The second-order valence-corrected chi connectivity index (χ2v) is 7.98. The Morgan fingerprint density at radius 1 is 1.13 bits per heavy atom. The Balaban J connectivity index is 1.72. The summed E-state index contributed by atoms with van der Waals surface area (Å²) in [5.74, 6) is 2.66. The molecule has 0 aromatic heterocycles. The van der Waals surface area contributed by atoms with E-state index in [9.17, 15) is 4.79 Å². The molecule has 0 radical (unpaired) electrons. The summed E-state index contributed by atoms with van der Waals surface area (Å²) < 4.78 is 0. The summed E-state index contributed by atoms with van der Waals surface area (Å²) in [6.45, 7) is 4.37.